The fourth-order valence-electron chi connectivity index (χ4n) is 0.713. The molecule has 0 fully saturated rings. The van der Waals surface area contributed by atoms with Crippen molar-refractivity contribution in [2.75, 3.05) is 0 Å². The Labute approximate surface area is 92.1 Å². The van der Waals surface area contributed by atoms with Gasteiger partial charge in [-0.2, -0.15) is 0 Å². The second-order valence-corrected chi connectivity index (χ2v) is 3.09. The summed E-state index contributed by atoms with van der Waals surface area (Å²) in [7, 11) is 0. The molecule has 86 valence electrons. The van der Waals surface area contributed by atoms with E-state index in [9.17, 15) is 0 Å². The third-order valence-electron chi connectivity index (χ3n) is 1.65. The molecule has 0 radical (unpaired) electrons. The molecular weight excluding hydrogens is 168 g/mol. The molecule has 0 heterocycles. The maximum atomic E-state index is 3.63. The van der Waals surface area contributed by atoms with Gasteiger partial charge in [0.2, 0.25) is 0 Å². The summed E-state index contributed by atoms with van der Waals surface area (Å²) < 4.78 is 0. The van der Waals surface area contributed by atoms with E-state index in [-0.39, 0.29) is 0 Å². The Balaban J connectivity index is -0.000000152. The molecular formula is C14H30. The van der Waals surface area contributed by atoms with E-state index in [1.165, 1.54) is 19.3 Å². The molecule has 0 bridgehead atoms. The lowest BCUT2D eigenvalue weighted by molar-refractivity contribution is 0.748. The van der Waals surface area contributed by atoms with Gasteiger partial charge in [-0.05, 0) is 12.3 Å². The van der Waals surface area contributed by atoms with E-state index < -0.39 is 0 Å². The molecule has 0 aromatic carbocycles. The molecule has 0 saturated carbocycles. The molecule has 0 aliphatic carbocycles. The van der Waals surface area contributed by atoms with E-state index in [1.807, 2.05) is 26.0 Å². The van der Waals surface area contributed by atoms with E-state index >= 15 is 0 Å². The summed E-state index contributed by atoms with van der Waals surface area (Å²) in [5.74, 6) is 0.595. The van der Waals surface area contributed by atoms with Crippen LogP contribution in [-0.2, 0) is 0 Å². The van der Waals surface area contributed by atoms with Crippen molar-refractivity contribution in [1.82, 2.24) is 0 Å². The van der Waals surface area contributed by atoms with E-state index in [0.717, 1.165) is 6.42 Å². The van der Waals surface area contributed by atoms with Crippen molar-refractivity contribution >= 4 is 0 Å². The Morgan fingerprint density at radius 3 is 1.57 bits per heavy atom. The molecule has 0 aliphatic rings. The highest BCUT2D eigenvalue weighted by molar-refractivity contribution is 4.81. The zero-order valence-corrected chi connectivity index (χ0v) is 11.0. The van der Waals surface area contributed by atoms with Crippen molar-refractivity contribution in [3.05, 3.63) is 25.3 Å². The smallest absolute Gasteiger partial charge is 0.0230 e. The largest absolute Gasteiger partial charge is 0.103 e. The Morgan fingerprint density at radius 1 is 1.07 bits per heavy atom. The van der Waals surface area contributed by atoms with Gasteiger partial charge >= 0.3 is 0 Å². The van der Waals surface area contributed by atoms with Gasteiger partial charge in [-0.15, -0.1) is 13.2 Å². The highest BCUT2D eigenvalue weighted by Gasteiger charge is 1.86. The molecule has 0 aromatic rings. The van der Waals surface area contributed by atoms with Crippen LogP contribution in [0.1, 0.15) is 60.3 Å². The molecule has 0 amide bonds. The summed E-state index contributed by atoms with van der Waals surface area (Å²) in [5, 5.41) is 0. The van der Waals surface area contributed by atoms with Gasteiger partial charge in [-0.3, -0.25) is 0 Å². The van der Waals surface area contributed by atoms with Crippen LogP contribution in [0.5, 0.6) is 0 Å². The lowest BCUT2D eigenvalue weighted by Crippen LogP contribution is -1.82. The van der Waals surface area contributed by atoms with Crippen LogP contribution in [0.4, 0.5) is 0 Å². The monoisotopic (exact) mass is 198 g/mol. The molecule has 0 aromatic heterocycles. The van der Waals surface area contributed by atoms with Crippen LogP contribution in [-0.4, -0.2) is 0 Å². The van der Waals surface area contributed by atoms with Gasteiger partial charge in [-0.25, -0.2) is 0 Å². The second-order valence-electron chi connectivity index (χ2n) is 3.09. The zero-order chi connectivity index (χ0) is 11.8. The lowest BCUT2D eigenvalue weighted by Gasteiger charge is -1.95. The van der Waals surface area contributed by atoms with E-state index in [1.54, 1.807) is 0 Å². The first-order chi connectivity index (χ1) is 6.72. The summed E-state index contributed by atoms with van der Waals surface area (Å²) >= 11 is 0. The topological polar surface area (TPSA) is 0 Å². The van der Waals surface area contributed by atoms with E-state index in [4.69, 9.17) is 0 Å². The van der Waals surface area contributed by atoms with Crippen molar-refractivity contribution in [2.45, 2.75) is 60.3 Å². The number of allylic oxidation sites excluding steroid dienone is 2. The molecule has 1 atom stereocenters. The summed E-state index contributed by atoms with van der Waals surface area (Å²) in [6.07, 6.45) is 8.96. The molecule has 0 aliphatic heterocycles. The molecule has 1 unspecified atom stereocenters. The summed E-state index contributed by atoms with van der Waals surface area (Å²) in [5.41, 5.74) is 0. The SMILES string of the molecule is C=CCC(C)C=C.CC.CCCCC. The predicted octanol–water partition coefficient (Wildman–Crippen LogP) is 5.61. The average Bonchev–Trinajstić information content (AvgIpc) is 2.23. The average molecular weight is 198 g/mol. The summed E-state index contributed by atoms with van der Waals surface area (Å²) in [6, 6.07) is 0. The van der Waals surface area contributed by atoms with E-state index in [0.29, 0.717) is 5.92 Å². The van der Waals surface area contributed by atoms with Crippen molar-refractivity contribution in [2.24, 2.45) is 5.92 Å². The van der Waals surface area contributed by atoms with Crippen molar-refractivity contribution in [3.63, 3.8) is 0 Å². The van der Waals surface area contributed by atoms with Crippen LogP contribution in [0, 0.1) is 5.92 Å². The number of hydrogen-bond acceptors (Lipinski definition) is 0. The predicted molar refractivity (Wildman–Crippen MR) is 70.7 cm³/mol. The Hall–Kier alpha value is -0.520. The van der Waals surface area contributed by atoms with Crippen LogP contribution >= 0.6 is 0 Å². The van der Waals surface area contributed by atoms with Crippen molar-refractivity contribution in [3.8, 4) is 0 Å². The Kier molecular flexibility index (Phi) is 31.2. The summed E-state index contributed by atoms with van der Waals surface area (Å²) in [6.45, 7) is 17.8. The first kappa shape index (κ1) is 19.1. The quantitative estimate of drug-likeness (QED) is 0.504. The van der Waals surface area contributed by atoms with Gasteiger partial charge in [0.15, 0.2) is 0 Å². The fourth-order valence-corrected chi connectivity index (χ4v) is 0.713. The number of hydrogen-bond donors (Lipinski definition) is 0. The summed E-state index contributed by atoms with van der Waals surface area (Å²) in [4.78, 5) is 0. The van der Waals surface area contributed by atoms with Crippen LogP contribution in [0.15, 0.2) is 25.3 Å². The Bertz CT molecular complexity index is 90.2. The Morgan fingerprint density at radius 2 is 1.50 bits per heavy atom. The van der Waals surface area contributed by atoms with Gasteiger partial charge in [0.25, 0.3) is 0 Å². The third kappa shape index (κ3) is 30.0. The molecule has 14 heavy (non-hydrogen) atoms. The van der Waals surface area contributed by atoms with Gasteiger partial charge in [0, 0.05) is 0 Å². The number of rotatable bonds is 5. The highest BCUT2D eigenvalue weighted by atomic mass is 13.9. The highest BCUT2D eigenvalue weighted by Crippen LogP contribution is 2.00. The molecule has 0 N–H and O–H groups in total. The van der Waals surface area contributed by atoms with E-state index in [2.05, 4.69) is 33.9 Å². The maximum absolute atomic E-state index is 3.63. The van der Waals surface area contributed by atoms with Gasteiger partial charge in [0.1, 0.15) is 0 Å². The second kappa shape index (κ2) is 22.9. The van der Waals surface area contributed by atoms with Crippen LogP contribution < -0.4 is 0 Å². The van der Waals surface area contributed by atoms with Crippen molar-refractivity contribution in [1.29, 1.82) is 0 Å². The van der Waals surface area contributed by atoms with Crippen molar-refractivity contribution < 1.29 is 0 Å². The van der Waals surface area contributed by atoms with Crippen LogP contribution in [0.2, 0.25) is 0 Å². The van der Waals surface area contributed by atoms with Gasteiger partial charge < -0.3 is 0 Å². The molecule has 0 saturated heterocycles. The van der Waals surface area contributed by atoms with Crippen LogP contribution in [0.3, 0.4) is 0 Å². The minimum atomic E-state index is 0.595. The minimum Gasteiger partial charge on any atom is -0.103 e. The number of unbranched alkanes of at least 4 members (excludes halogenated alkanes) is 2. The first-order valence-corrected chi connectivity index (χ1v) is 5.96. The first-order valence-electron chi connectivity index (χ1n) is 5.96. The minimum absolute atomic E-state index is 0.595. The normalized spacial score (nSPS) is 9.79. The van der Waals surface area contributed by atoms with Gasteiger partial charge in [-0.1, -0.05) is 66.0 Å². The molecule has 0 spiro atoms. The van der Waals surface area contributed by atoms with Gasteiger partial charge in [0.05, 0.1) is 0 Å². The third-order valence-corrected chi connectivity index (χ3v) is 1.65. The maximum Gasteiger partial charge on any atom is -0.0230 e. The lowest BCUT2D eigenvalue weighted by atomic mass is 10.1. The molecule has 0 rings (SSSR count). The molecule has 0 nitrogen and oxygen atoms in total. The van der Waals surface area contributed by atoms with Crippen LogP contribution in [0.25, 0.3) is 0 Å². The molecule has 0 heteroatoms. The standard InChI is InChI=1S/C7H12.C5H12.C2H6/c1-4-6-7(3)5-2;1-3-5-4-2;1-2/h4-5,7H,1-2,6H2,3H3;3-5H2,1-2H3;1-2H3. The zero-order valence-electron chi connectivity index (χ0n) is 11.0. The fraction of sp³-hybridized carbons (Fsp3) is 0.714.